The number of rotatable bonds is 7. The molecule has 0 bridgehead atoms. The quantitative estimate of drug-likeness (QED) is 0.592. The third kappa shape index (κ3) is 5.00. The van der Waals surface area contributed by atoms with Crippen molar-refractivity contribution in [2.45, 2.75) is 13.0 Å². The summed E-state index contributed by atoms with van der Waals surface area (Å²) < 4.78 is 24.7. The van der Waals surface area contributed by atoms with Crippen molar-refractivity contribution < 1.29 is 23.5 Å². The maximum absolute atomic E-state index is 13.9. The number of benzene rings is 2. The highest BCUT2D eigenvalue weighted by Gasteiger charge is 2.16. The van der Waals surface area contributed by atoms with E-state index in [-0.39, 0.29) is 28.2 Å². The molecule has 1 unspecified atom stereocenters. The Morgan fingerprint density at radius 3 is 2.37 bits per heavy atom. The molecule has 1 heterocycles. The Morgan fingerprint density at radius 2 is 1.77 bits per heavy atom. The van der Waals surface area contributed by atoms with E-state index in [0.717, 1.165) is 6.07 Å². The molecule has 2 aromatic carbocycles. The van der Waals surface area contributed by atoms with Crippen molar-refractivity contribution in [3.63, 3.8) is 0 Å². The largest absolute Gasteiger partial charge is 0.464 e. The fraction of sp³-hybridized carbons (Fsp3) is 0.100. The van der Waals surface area contributed by atoms with Crippen LogP contribution in [0.2, 0.25) is 5.02 Å². The lowest BCUT2D eigenvalue weighted by Crippen LogP contribution is -2.31. The van der Waals surface area contributed by atoms with Crippen molar-refractivity contribution in [1.82, 2.24) is 9.97 Å². The second kappa shape index (κ2) is 8.75. The Labute approximate surface area is 175 Å². The third-order valence-corrected chi connectivity index (χ3v) is 4.12. The first-order valence-electron chi connectivity index (χ1n) is 8.61. The van der Waals surface area contributed by atoms with Crippen LogP contribution in [0.1, 0.15) is 17.4 Å². The maximum atomic E-state index is 13.9. The summed E-state index contributed by atoms with van der Waals surface area (Å²) >= 11 is 5.73. The summed E-state index contributed by atoms with van der Waals surface area (Å²) in [5, 5.41) is 0.255. The Kier molecular flexibility index (Phi) is 6.12. The number of primary amides is 2. The number of hydrogen-bond donors (Lipinski definition) is 2. The van der Waals surface area contributed by atoms with E-state index in [0.29, 0.717) is 11.3 Å². The topological polar surface area (TPSA) is 130 Å². The number of amides is 2. The number of ether oxygens (including phenoxy) is 2. The van der Waals surface area contributed by atoms with E-state index < -0.39 is 23.7 Å². The molecule has 10 heteroatoms. The van der Waals surface area contributed by atoms with Crippen LogP contribution < -0.4 is 20.9 Å². The summed E-state index contributed by atoms with van der Waals surface area (Å²) in [5.74, 6) is -1.65. The van der Waals surface area contributed by atoms with Crippen LogP contribution >= 0.6 is 11.6 Å². The van der Waals surface area contributed by atoms with Gasteiger partial charge in [-0.25, -0.2) is 9.37 Å². The molecule has 0 fully saturated rings. The van der Waals surface area contributed by atoms with E-state index in [1.54, 1.807) is 24.3 Å². The minimum atomic E-state index is -0.974. The van der Waals surface area contributed by atoms with Crippen LogP contribution in [0.3, 0.4) is 0 Å². The van der Waals surface area contributed by atoms with Crippen molar-refractivity contribution in [2.75, 3.05) is 0 Å². The molecule has 3 rings (SSSR count). The standard InChI is InChI=1S/C20H16ClFN4O4/c1-10(18(23)27)29-17-9-15(19(24)28)25-20(26-17)11-2-5-13(6-3-11)30-16-7-4-12(21)8-14(16)22/h2-10H,1H3,(H2,23,27)(H2,24,28). The number of hydrogen-bond acceptors (Lipinski definition) is 6. The van der Waals surface area contributed by atoms with Crippen LogP contribution in [0.15, 0.2) is 48.5 Å². The molecule has 1 atom stereocenters. The first kappa shape index (κ1) is 21.0. The van der Waals surface area contributed by atoms with Gasteiger partial charge in [-0.15, -0.1) is 0 Å². The van der Waals surface area contributed by atoms with Crippen molar-refractivity contribution in [2.24, 2.45) is 11.5 Å². The van der Waals surface area contributed by atoms with E-state index >= 15 is 0 Å². The van der Waals surface area contributed by atoms with Crippen molar-refractivity contribution >= 4 is 23.4 Å². The fourth-order valence-electron chi connectivity index (χ4n) is 2.34. The highest BCUT2D eigenvalue weighted by Crippen LogP contribution is 2.28. The normalized spacial score (nSPS) is 11.6. The van der Waals surface area contributed by atoms with Gasteiger partial charge in [-0.1, -0.05) is 11.6 Å². The van der Waals surface area contributed by atoms with Gasteiger partial charge in [-0.3, -0.25) is 9.59 Å². The van der Waals surface area contributed by atoms with E-state index in [1.165, 1.54) is 25.1 Å². The number of nitrogens with zero attached hydrogens (tertiary/aromatic N) is 2. The summed E-state index contributed by atoms with van der Waals surface area (Å²) in [6.07, 6.45) is -0.974. The van der Waals surface area contributed by atoms with Crippen LogP contribution in [0, 0.1) is 5.82 Å². The van der Waals surface area contributed by atoms with Gasteiger partial charge in [0.25, 0.3) is 11.8 Å². The first-order chi connectivity index (χ1) is 14.2. The van der Waals surface area contributed by atoms with Gasteiger partial charge < -0.3 is 20.9 Å². The molecular formula is C20H16ClFN4O4. The van der Waals surface area contributed by atoms with Crippen LogP contribution in [0.25, 0.3) is 11.4 Å². The van der Waals surface area contributed by atoms with E-state index in [4.69, 9.17) is 32.5 Å². The zero-order chi connectivity index (χ0) is 21.8. The van der Waals surface area contributed by atoms with Gasteiger partial charge in [0.05, 0.1) is 0 Å². The summed E-state index contributed by atoms with van der Waals surface area (Å²) in [6.45, 7) is 1.44. The van der Waals surface area contributed by atoms with Crippen LogP contribution in [0.5, 0.6) is 17.4 Å². The first-order valence-corrected chi connectivity index (χ1v) is 8.99. The van der Waals surface area contributed by atoms with Gasteiger partial charge >= 0.3 is 0 Å². The van der Waals surface area contributed by atoms with E-state index in [2.05, 4.69) is 9.97 Å². The lowest BCUT2D eigenvalue weighted by Gasteiger charge is -2.12. The lowest BCUT2D eigenvalue weighted by atomic mass is 10.2. The van der Waals surface area contributed by atoms with Crippen LogP contribution in [-0.2, 0) is 4.79 Å². The van der Waals surface area contributed by atoms with Gasteiger partial charge in [-0.2, -0.15) is 4.98 Å². The third-order valence-electron chi connectivity index (χ3n) is 3.89. The number of nitrogens with two attached hydrogens (primary N) is 2. The molecule has 0 saturated carbocycles. The smallest absolute Gasteiger partial charge is 0.267 e. The number of halogens is 2. The molecule has 2 amide bonds. The molecule has 0 radical (unpaired) electrons. The molecule has 0 aliphatic heterocycles. The minimum absolute atomic E-state index is 0.00949. The van der Waals surface area contributed by atoms with E-state index in [1.807, 2.05) is 0 Å². The predicted octanol–water partition coefficient (Wildman–Crippen LogP) is 3.08. The number of carbonyl (C=O) groups excluding carboxylic acids is 2. The second-order valence-electron chi connectivity index (χ2n) is 6.14. The van der Waals surface area contributed by atoms with Gasteiger partial charge in [0, 0.05) is 16.7 Å². The van der Waals surface area contributed by atoms with Crippen molar-refractivity contribution in [3.8, 4) is 28.8 Å². The number of aromatic nitrogens is 2. The summed E-state index contributed by atoms with van der Waals surface area (Å²) in [6, 6.07) is 11.6. The van der Waals surface area contributed by atoms with Gasteiger partial charge in [0.2, 0.25) is 5.88 Å². The Balaban J connectivity index is 1.88. The molecule has 3 aromatic rings. The van der Waals surface area contributed by atoms with Gasteiger partial charge in [0.1, 0.15) is 11.4 Å². The molecule has 8 nitrogen and oxygen atoms in total. The summed E-state index contributed by atoms with van der Waals surface area (Å²) in [7, 11) is 0. The van der Waals surface area contributed by atoms with E-state index in [9.17, 15) is 14.0 Å². The Hall–Kier alpha value is -3.72. The highest BCUT2D eigenvalue weighted by atomic mass is 35.5. The molecule has 0 aliphatic rings. The monoisotopic (exact) mass is 430 g/mol. The predicted molar refractivity (Wildman–Crippen MR) is 107 cm³/mol. The van der Waals surface area contributed by atoms with Crippen molar-refractivity contribution in [3.05, 3.63) is 65.1 Å². The molecule has 0 spiro atoms. The molecule has 4 N–H and O–H groups in total. The summed E-state index contributed by atoms with van der Waals surface area (Å²) in [4.78, 5) is 31.1. The molecule has 0 saturated heterocycles. The highest BCUT2D eigenvalue weighted by molar-refractivity contribution is 6.30. The second-order valence-corrected chi connectivity index (χ2v) is 6.58. The molecule has 1 aromatic heterocycles. The van der Waals surface area contributed by atoms with Gasteiger partial charge in [0.15, 0.2) is 23.5 Å². The molecule has 30 heavy (non-hydrogen) atoms. The fourth-order valence-corrected chi connectivity index (χ4v) is 2.50. The lowest BCUT2D eigenvalue weighted by molar-refractivity contribution is -0.124. The molecular weight excluding hydrogens is 415 g/mol. The molecule has 154 valence electrons. The molecule has 0 aliphatic carbocycles. The van der Waals surface area contributed by atoms with Crippen LogP contribution in [-0.4, -0.2) is 27.9 Å². The zero-order valence-electron chi connectivity index (χ0n) is 15.6. The average Bonchev–Trinajstić information content (AvgIpc) is 2.70. The Bertz CT molecular complexity index is 1110. The summed E-state index contributed by atoms with van der Waals surface area (Å²) in [5.41, 5.74) is 10.9. The zero-order valence-corrected chi connectivity index (χ0v) is 16.4. The van der Waals surface area contributed by atoms with Crippen molar-refractivity contribution in [1.29, 1.82) is 0 Å². The SMILES string of the molecule is CC(Oc1cc(C(N)=O)nc(-c2ccc(Oc3ccc(Cl)cc3F)cc2)n1)C(N)=O. The number of carbonyl (C=O) groups is 2. The average molecular weight is 431 g/mol. The van der Waals surface area contributed by atoms with Gasteiger partial charge in [-0.05, 0) is 49.4 Å². The van der Waals surface area contributed by atoms with Crippen LogP contribution in [0.4, 0.5) is 4.39 Å². The maximum Gasteiger partial charge on any atom is 0.267 e. The minimum Gasteiger partial charge on any atom is -0.464 e. The Morgan fingerprint density at radius 1 is 1.07 bits per heavy atom.